The second-order valence-electron chi connectivity index (χ2n) is 4.92. The summed E-state index contributed by atoms with van der Waals surface area (Å²) in [6.07, 6.45) is 0.653. The van der Waals surface area contributed by atoms with E-state index >= 15 is 0 Å². The van der Waals surface area contributed by atoms with E-state index in [-0.39, 0.29) is 34.5 Å². The zero-order valence-electron chi connectivity index (χ0n) is 11.0. The Morgan fingerprint density at radius 3 is 2.76 bits per heavy atom. The molecular weight excluding hydrogens is 300 g/mol. The number of rotatable bonds is 4. The normalized spacial score (nSPS) is 17.8. The number of nitro groups is 1. The van der Waals surface area contributed by atoms with E-state index in [1.165, 1.54) is 17.0 Å². The largest absolute Gasteiger partial charge is 0.481 e. The summed E-state index contributed by atoms with van der Waals surface area (Å²) in [5.41, 5.74) is 0.0139. The van der Waals surface area contributed by atoms with Crippen molar-refractivity contribution in [3.8, 4) is 0 Å². The van der Waals surface area contributed by atoms with Crippen molar-refractivity contribution in [2.24, 2.45) is 5.92 Å². The molecule has 1 aromatic carbocycles. The molecule has 0 radical (unpaired) electrons. The van der Waals surface area contributed by atoms with Crippen LogP contribution in [0.15, 0.2) is 18.2 Å². The van der Waals surface area contributed by atoms with Crippen molar-refractivity contribution >= 4 is 29.2 Å². The number of nitro benzene ring substituents is 1. The molecule has 0 saturated carbocycles. The first-order chi connectivity index (χ1) is 9.88. The summed E-state index contributed by atoms with van der Waals surface area (Å²) in [4.78, 5) is 34.5. The molecule has 1 aliphatic heterocycles. The Morgan fingerprint density at radius 2 is 2.19 bits per heavy atom. The Labute approximate surface area is 125 Å². The second-order valence-corrected chi connectivity index (χ2v) is 5.33. The van der Waals surface area contributed by atoms with Gasteiger partial charge in [0.25, 0.3) is 11.6 Å². The average molecular weight is 313 g/mol. The van der Waals surface area contributed by atoms with Crippen LogP contribution in [0.3, 0.4) is 0 Å². The molecule has 7 nitrogen and oxygen atoms in total. The standard InChI is InChI=1S/C13H13ClN2O5/c14-11-6-9(16(20)21)1-2-10(11)13(19)15-4-3-8(7-15)5-12(17)18/h1-2,6,8H,3-5,7H2,(H,17,18). The fraction of sp³-hybridized carbons (Fsp3) is 0.385. The van der Waals surface area contributed by atoms with E-state index in [0.717, 1.165) is 6.07 Å². The fourth-order valence-corrected chi connectivity index (χ4v) is 2.65. The molecule has 1 saturated heterocycles. The predicted molar refractivity (Wildman–Crippen MR) is 74.4 cm³/mol. The maximum atomic E-state index is 12.3. The summed E-state index contributed by atoms with van der Waals surface area (Å²) >= 11 is 5.92. The van der Waals surface area contributed by atoms with Gasteiger partial charge in [0.15, 0.2) is 0 Å². The minimum Gasteiger partial charge on any atom is -0.481 e. The van der Waals surface area contributed by atoms with Crippen LogP contribution in [-0.2, 0) is 4.79 Å². The second kappa shape index (κ2) is 6.09. The van der Waals surface area contributed by atoms with Gasteiger partial charge in [-0.1, -0.05) is 11.6 Å². The molecule has 2 rings (SSSR count). The third-order valence-electron chi connectivity index (χ3n) is 3.43. The minimum atomic E-state index is -0.886. The van der Waals surface area contributed by atoms with E-state index < -0.39 is 10.9 Å². The maximum Gasteiger partial charge on any atom is 0.303 e. The van der Waals surface area contributed by atoms with Crippen LogP contribution in [0.5, 0.6) is 0 Å². The lowest BCUT2D eigenvalue weighted by Gasteiger charge is -2.17. The topological polar surface area (TPSA) is 101 Å². The molecule has 0 aromatic heterocycles. The van der Waals surface area contributed by atoms with Gasteiger partial charge >= 0.3 is 5.97 Å². The van der Waals surface area contributed by atoms with Crippen molar-refractivity contribution in [3.63, 3.8) is 0 Å². The minimum absolute atomic E-state index is 0.0240. The number of carboxylic acid groups (broad SMARTS) is 1. The van der Waals surface area contributed by atoms with E-state index in [1.54, 1.807) is 0 Å². The van der Waals surface area contributed by atoms with E-state index in [9.17, 15) is 19.7 Å². The van der Waals surface area contributed by atoms with Crippen molar-refractivity contribution in [1.82, 2.24) is 4.90 Å². The number of amides is 1. The predicted octanol–water partition coefficient (Wildman–Crippen LogP) is 2.19. The number of hydrogen-bond donors (Lipinski definition) is 1. The van der Waals surface area contributed by atoms with Crippen LogP contribution in [0.2, 0.25) is 5.02 Å². The van der Waals surface area contributed by atoms with Gasteiger partial charge in [-0.2, -0.15) is 0 Å². The van der Waals surface area contributed by atoms with Crippen molar-refractivity contribution in [1.29, 1.82) is 0 Å². The van der Waals surface area contributed by atoms with Gasteiger partial charge in [-0.25, -0.2) is 0 Å². The molecule has 112 valence electrons. The zero-order valence-corrected chi connectivity index (χ0v) is 11.7. The number of hydrogen-bond acceptors (Lipinski definition) is 4. The van der Waals surface area contributed by atoms with Crippen LogP contribution in [0.25, 0.3) is 0 Å². The number of carbonyl (C=O) groups is 2. The highest BCUT2D eigenvalue weighted by Gasteiger charge is 2.29. The monoisotopic (exact) mass is 312 g/mol. The summed E-state index contributed by atoms with van der Waals surface area (Å²) in [6.45, 7) is 0.822. The van der Waals surface area contributed by atoms with Crippen LogP contribution < -0.4 is 0 Å². The Balaban J connectivity index is 2.11. The summed E-state index contributed by atoms with van der Waals surface area (Å²) in [5, 5.41) is 19.4. The highest BCUT2D eigenvalue weighted by Crippen LogP contribution is 2.27. The van der Waals surface area contributed by atoms with Gasteiger partial charge < -0.3 is 10.0 Å². The van der Waals surface area contributed by atoms with Gasteiger partial charge in [0.05, 0.1) is 15.5 Å². The molecule has 1 aliphatic rings. The number of halogens is 1. The first-order valence-electron chi connectivity index (χ1n) is 6.33. The molecule has 1 heterocycles. The SMILES string of the molecule is O=C(O)CC1CCN(C(=O)c2ccc([N+](=O)[O-])cc2Cl)C1. The quantitative estimate of drug-likeness (QED) is 0.678. The molecule has 1 amide bonds. The van der Waals surface area contributed by atoms with Crippen LogP contribution in [0.4, 0.5) is 5.69 Å². The smallest absolute Gasteiger partial charge is 0.303 e. The molecular formula is C13H13ClN2O5. The van der Waals surface area contributed by atoms with E-state index in [1.807, 2.05) is 0 Å². The highest BCUT2D eigenvalue weighted by molar-refractivity contribution is 6.34. The van der Waals surface area contributed by atoms with Gasteiger partial charge in [0, 0.05) is 31.6 Å². The number of benzene rings is 1. The number of aliphatic carboxylic acids is 1. The number of likely N-dealkylation sites (tertiary alicyclic amines) is 1. The molecule has 21 heavy (non-hydrogen) atoms. The van der Waals surface area contributed by atoms with Crippen molar-refractivity contribution in [2.75, 3.05) is 13.1 Å². The van der Waals surface area contributed by atoms with E-state index in [0.29, 0.717) is 19.5 Å². The van der Waals surface area contributed by atoms with Gasteiger partial charge in [-0.3, -0.25) is 19.7 Å². The van der Waals surface area contributed by atoms with Crippen LogP contribution >= 0.6 is 11.6 Å². The first kappa shape index (κ1) is 15.2. The highest BCUT2D eigenvalue weighted by atomic mass is 35.5. The molecule has 1 unspecified atom stereocenters. The van der Waals surface area contributed by atoms with Gasteiger partial charge in [-0.05, 0) is 18.4 Å². The van der Waals surface area contributed by atoms with Gasteiger partial charge in [0.1, 0.15) is 0 Å². The lowest BCUT2D eigenvalue weighted by Crippen LogP contribution is -2.29. The summed E-state index contributed by atoms with van der Waals surface area (Å²) in [7, 11) is 0. The van der Waals surface area contributed by atoms with Crippen molar-refractivity contribution in [3.05, 3.63) is 38.9 Å². The van der Waals surface area contributed by atoms with Crippen LogP contribution in [0.1, 0.15) is 23.2 Å². The van der Waals surface area contributed by atoms with Crippen molar-refractivity contribution in [2.45, 2.75) is 12.8 Å². The van der Waals surface area contributed by atoms with Gasteiger partial charge in [0.2, 0.25) is 0 Å². The molecule has 1 atom stereocenters. The zero-order chi connectivity index (χ0) is 15.6. The van der Waals surface area contributed by atoms with E-state index in [2.05, 4.69) is 0 Å². The summed E-state index contributed by atoms with van der Waals surface area (Å²) < 4.78 is 0. The molecule has 1 fully saturated rings. The molecule has 0 aliphatic carbocycles. The lowest BCUT2D eigenvalue weighted by atomic mass is 10.1. The number of carbonyl (C=O) groups excluding carboxylic acids is 1. The van der Waals surface area contributed by atoms with E-state index in [4.69, 9.17) is 16.7 Å². The lowest BCUT2D eigenvalue weighted by molar-refractivity contribution is -0.384. The molecule has 1 aromatic rings. The van der Waals surface area contributed by atoms with Gasteiger partial charge in [-0.15, -0.1) is 0 Å². The molecule has 0 spiro atoms. The molecule has 1 N–H and O–H groups in total. The number of nitrogens with zero attached hydrogens (tertiary/aromatic N) is 2. The maximum absolute atomic E-state index is 12.3. The number of carboxylic acids is 1. The first-order valence-corrected chi connectivity index (χ1v) is 6.71. The summed E-state index contributed by atoms with van der Waals surface area (Å²) in [5.74, 6) is -1.28. The van der Waals surface area contributed by atoms with Crippen LogP contribution in [0, 0.1) is 16.0 Å². The Bertz CT molecular complexity index is 604. The third kappa shape index (κ3) is 3.49. The van der Waals surface area contributed by atoms with Crippen molar-refractivity contribution < 1.29 is 19.6 Å². The summed E-state index contributed by atoms with van der Waals surface area (Å²) in [6, 6.07) is 3.69. The average Bonchev–Trinajstić information content (AvgIpc) is 2.85. The van der Waals surface area contributed by atoms with Crippen LogP contribution in [-0.4, -0.2) is 39.9 Å². The molecule has 8 heteroatoms. The fourth-order valence-electron chi connectivity index (χ4n) is 2.39. The number of non-ortho nitro benzene ring substituents is 1. The molecule has 0 bridgehead atoms. The Kier molecular flexibility index (Phi) is 4.42. The third-order valence-corrected chi connectivity index (χ3v) is 3.74. The Hall–Kier alpha value is -2.15. The Morgan fingerprint density at radius 1 is 1.48 bits per heavy atom.